The summed E-state index contributed by atoms with van der Waals surface area (Å²) >= 11 is 0. The molecule has 124 valence electrons. The van der Waals surface area contributed by atoms with Gasteiger partial charge < -0.3 is 14.6 Å². The smallest absolute Gasteiger partial charge is 0.322 e. The Bertz CT molecular complexity index is 453. The number of hydrogen-bond acceptors (Lipinski definition) is 6. The molecule has 0 amide bonds. The molecule has 21 heavy (non-hydrogen) atoms. The predicted molar refractivity (Wildman–Crippen MR) is 75.3 cm³/mol. The minimum Gasteiger partial charge on any atom is -0.480 e. The maximum absolute atomic E-state index is 11.7. The molecule has 0 unspecified atom stereocenters. The number of methoxy groups -OCH3 is 1. The largest absolute Gasteiger partial charge is 0.480 e. The van der Waals surface area contributed by atoms with E-state index < -0.39 is 40.0 Å². The van der Waals surface area contributed by atoms with Crippen molar-refractivity contribution in [3.05, 3.63) is 0 Å². The summed E-state index contributed by atoms with van der Waals surface area (Å²) < 4.78 is 35.1. The van der Waals surface area contributed by atoms with Crippen molar-refractivity contribution in [2.75, 3.05) is 19.5 Å². The molecule has 0 spiro atoms. The molecule has 0 heterocycles. The molecule has 0 aromatic rings. The average Bonchev–Trinajstić information content (AvgIpc) is 2.25. The minimum absolute atomic E-state index is 0.227. The number of aliphatic carboxylic acids is 1. The Kier molecular flexibility index (Phi) is 7.83. The lowest BCUT2D eigenvalue weighted by Crippen LogP contribution is -2.44. The van der Waals surface area contributed by atoms with E-state index in [1.54, 1.807) is 20.8 Å². The first-order valence-electron chi connectivity index (χ1n) is 6.40. The van der Waals surface area contributed by atoms with E-state index >= 15 is 0 Å². The van der Waals surface area contributed by atoms with Gasteiger partial charge in [0.1, 0.15) is 11.6 Å². The van der Waals surface area contributed by atoms with Crippen molar-refractivity contribution in [3.8, 4) is 0 Å². The van der Waals surface area contributed by atoms with Gasteiger partial charge >= 0.3 is 11.9 Å². The Hall–Kier alpha value is -1.19. The standard InChI is InChI=1S/C12H23NO7S/c1-12(2,3)20-10(14)8-9(11(15)16)13-21(17,18)7-5-6-19-4/h9,13H,5-8H2,1-4H3,(H,15,16)/t9-/m0/s1. The van der Waals surface area contributed by atoms with Gasteiger partial charge in [0.15, 0.2) is 0 Å². The Morgan fingerprint density at radius 3 is 2.29 bits per heavy atom. The van der Waals surface area contributed by atoms with E-state index in [-0.39, 0.29) is 18.8 Å². The van der Waals surface area contributed by atoms with Gasteiger partial charge in [0.05, 0.1) is 12.2 Å². The molecule has 2 N–H and O–H groups in total. The van der Waals surface area contributed by atoms with Gasteiger partial charge in [-0.05, 0) is 27.2 Å². The zero-order valence-electron chi connectivity index (χ0n) is 12.7. The highest BCUT2D eigenvalue weighted by atomic mass is 32.2. The van der Waals surface area contributed by atoms with Crippen molar-refractivity contribution in [2.45, 2.75) is 45.3 Å². The predicted octanol–water partition coefficient (Wildman–Crippen LogP) is 0.127. The molecule has 0 bridgehead atoms. The fraction of sp³-hybridized carbons (Fsp3) is 0.833. The molecule has 0 aliphatic heterocycles. The Labute approximate surface area is 124 Å². The van der Waals surface area contributed by atoms with Crippen molar-refractivity contribution >= 4 is 22.0 Å². The maximum Gasteiger partial charge on any atom is 0.322 e. The maximum atomic E-state index is 11.7. The van der Waals surface area contributed by atoms with Gasteiger partial charge in [0.2, 0.25) is 10.0 Å². The van der Waals surface area contributed by atoms with Crippen molar-refractivity contribution < 1.29 is 32.6 Å². The fourth-order valence-electron chi connectivity index (χ4n) is 1.40. The third-order valence-electron chi connectivity index (χ3n) is 2.17. The molecule has 0 fully saturated rings. The number of rotatable bonds is 9. The third kappa shape index (κ3) is 10.2. The van der Waals surface area contributed by atoms with Gasteiger partial charge in [-0.25, -0.2) is 13.1 Å². The fourth-order valence-corrected chi connectivity index (χ4v) is 2.63. The number of carboxylic acids is 1. The molecule has 8 nitrogen and oxygen atoms in total. The van der Waals surface area contributed by atoms with E-state index in [0.29, 0.717) is 0 Å². The number of ether oxygens (including phenoxy) is 2. The van der Waals surface area contributed by atoms with Crippen LogP contribution < -0.4 is 4.72 Å². The first-order valence-corrected chi connectivity index (χ1v) is 8.05. The average molecular weight is 325 g/mol. The minimum atomic E-state index is -3.81. The lowest BCUT2D eigenvalue weighted by atomic mass is 10.2. The van der Waals surface area contributed by atoms with E-state index in [1.165, 1.54) is 7.11 Å². The summed E-state index contributed by atoms with van der Waals surface area (Å²) in [6, 6.07) is -1.55. The molecule has 0 aromatic carbocycles. The highest BCUT2D eigenvalue weighted by molar-refractivity contribution is 7.89. The zero-order chi connectivity index (χ0) is 16.7. The number of carbonyl (C=O) groups is 2. The monoisotopic (exact) mass is 325 g/mol. The SMILES string of the molecule is COCCCS(=O)(=O)N[C@@H](CC(=O)OC(C)(C)C)C(=O)O. The van der Waals surface area contributed by atoms with Crippen LogP contribution in [-0.4, -0.2) is 56.6 Å². The molecule has 0 saturated heterocycles. The van der Waals surface area contributed by atoms with Crippen LogP contribution in [0.15, 0.2) is 0 Å². The second kappa shape index (κ2) is 8.30. The number of nitrogens with one attached hydrogen (secondary N) is 1. The van der Waals surface area contributed by atoms with Crippen molar-refractivity contribution in [1.82, 2.24) is 4.72 Å². The van der Waals surface area contributed by atoms with Crippen LogP contribution in [0.25, 0.3) is 0 Å². The van der Waals surface area contributed by atoms with E-state index in [9.17, 15) is 18.0 Å². The van der Waals surface area contributed by atoms with Crippen LogP contribution in [0.4, 0.5) is 0 Å². The van der Waals surface area contributed by atoms with Gasteiger partial charge in [0.25, 0.3) is 0 Å². The topological polar surface area (TPSA) is 119 Å². The number of sulfonamides is 1. The van der Waals surface area contributed by atoms with Crippen LogP contribution in [0, 0.1) is 0 Å². The Morgan fingerprint density at radius 1 is 1.29 bits per heavy atom. The number of hydrogen-bond donors (Lipinski definition) is 2. The second-order valence-corrected chi connectivity index (χ2v) is 7.34. The molecule has 0 aliphatic carbocycles. The van der Waals surface area contributed by atoms with Crippen LogP contribution in [0.1, 0.15) is 33.6 Å². The number of carbonyl (C=O) groups excluding carboxylic acids is 1. The first-order chi connectivity index (χ1) is 9.47. The van der Waals surface area contributed by atoms with E-state index in [2.05, 4.69) is 0 Å². The molecule has 0 rings (SSSR count). The molecular weight excluding hydrogens is 302 g/mol. The summed E-state index contributed by atoms with van der Waals surface area (Å²) in [5.41, 5.74) is -0.766. The van der Waals surface area contributed by atoms with Gasteiger partial charge in [-0.15, -0.1) is 0 Å². The quantitative estimate of drug-likeness (QED) is 0.456. The summed E-state index contributed by atoms with van der Waals surface area (Å²) in [5.74, 6) is -2.50. The zero-order valence-corrected chi connectivity index (χ0v) is 13.5. The highest BCUT2D eigenvalue weighted by Gasteiger charge is 2.28. The molecule has 0 aromatic heterocycles. The lowest BCUT2D eigenvalue weighted by molar-refractivity contribution is -0.158. The third-order valence-corrected chi connectivity index (χ3v) is 3.64. The Morgan fingerprint density at radius 2 is 1.86 bits per heavy atom. The van der Waals surface area contributed by atoms with Crippen LogP contribution in [0.2, 0.25) is 0 Å². The number of esters is 1. The lowest BCUT2D eigenvalue weighted by Gasteiger charge is -2.21. The molecule has 9 heteroatoms. The second-order valence-electron chi connectivity index (χ2n) is 5.46. The van der Waals surface area contributed by atoms with Crippen LogP contribution in [0.3, 0.4) is 0 Å². The summed E-state index contributed by atoms with van der Waals surface area (Å²) in [7, 11) is -2.37. The van der Waals surface area contributed by atoms with Crippen LogP contribution in [0.5, 0.6) is 0 Å². The van der Waals surface area contributed by atoms with E-state index in [4.69, 9.17) is 14.6 Å². The van der Waals surface area contributed by atoms with Gasteiger partial charge in [-0.1, -0.05) is 0 Å². The first kappa shape index (κ1) is 19.8. The van der Waals surface area contributed by atoms with Crippen LogP contribution in [-0.2, 0) is 29.1 Å². The van der Waals surface area contributed by atoms with Crippen molar-refractivity contribution in [2.24, 2.45) is 0 Å². The Balaban J connectivity index is 4.63. The molecule has 0 radical (unpaired) electrons. The summed E-state index contributed by atoms with van der Waals surface area (Å²) in [6.45, 7) is 5.14. The van der Waals surface area contributed by atoms with Gasteiger partial charge in [-0.2, -0.15) is 0 Å². The van der Waals surface area contributed by atoms with E-state index in [0.717, 1.165) is 0 Å². The summed E-state index contributed by atoms with van der Waals surface area (Å²) in [4.78, 5) is 22.6. The normalized spacial score (nSPS) is 13.7. The summed E-state index contributed by atoms with van der Waals surface area (Å²) in [6.07, 6.45) is -0.347. The summed E-state index contributed by atoms with van der Waals surface area (Å²) in [5, 5.41) is 9.00. The molecule has 1 atom stereocenters. The van der Waals surface area contributed by atoms with Gasteiger partial charge in [0, 0.05) is 13.7 Å². The molecule has 0 aliphatic rings. The molecular formula is C12H23NO7S. The van der Waals surface area contributed by atoms with Crippen molar-refractivity contribution in [1.29, 1.82) is 0 Å². The highest BCUT2D eigenvalue weighted by Crippen LogP contribution is 2.10. The number of carboxylic acid groups (broad SMARTS) is 1. The van der Waals surface area contributed by atoms with Gasteiger partial charge in [-0.3, -0.25) is 9.59 Å². The van der Waals surface area contributed by atoms with E-state index in [1.807, 2.05) is 4.72 Å². The van der Waals surface area contributed by atoms with Crippen LogP contribution >= 0.6 is 0 Å². The van der Waals surface area contributed by atoms with Crippen molar-refractivity contribution in [3.63, 3.8) is 0 Å². The molecule has 0 saturated carbocycles.